The second-order valence-electron chi connectivity index (χ2n) is 4.92. The van der Waals surface area contributed by atoms with E-state index >= 15 is 0 Å². The van der Waals surface area contributed by atoms with Crippen LogP contribution in [-0.2, 0) is 4.84 Å². The van der Waals surface area contributed by atoms with Crippen molar-refractivity contribution in [1.82, 2.24) is 5.48 Å². The van der Waals surface area contributed by atoms with Gasteiger partial charge in [0.25, 0.3) is 0 Å². The minimum absolute atomic E-state index is 0.0968. The van der Waals surface area contributed by atoms with Crippen LogP contribution in [0.5, 0.6) is 0 Å². The van der Waals surface area contributed by atoms with E-state index in [1.54, 1.807) is 12.1 Å². The van der Waals surface area contributed by atoms with Crippen molar-refractivity contribution >= 4 is 5.69 Å². The number of hydrogen-bond donors (Lipinski definition) is 2. The van der Waals surface area contributed by atoms with Crippen LogP contribution in [0.15, 0.2) is 54.6 Å². The predicted molar refractivity (Wildman–Crippen MR) is 76.4 cm³/mol. The topological polar surface area (TPSA) is 33.3 Å². The summed E-state index contributed by atoms with van der Waals surface area (Å²) in [6, 6.07) is 16.8. The van der Waals surface area contributed by atoms with Crippen LogP contribution in [0.4, 0.5) is 10.1 Å². The largest absolute Gasteiger partial charge is 0.359 e. The van der Waals surface area contributed by atoms with Gasteiger partial charge < -0.3 is 5.32 Å². The highest BCUT2D eigenvalue weighted by atomic mass is 19.1. The smallest absolute Gasteiger partial charge is 0.148 e. The van der Waals surface area contributed by atoms with Crippen molar-refractivity contribution in [2.45, 2.75) is 25.1 Å². The van der Waals surface area contributed by atoms with Crippen LogP contribution < -0.4 is 10.8 Å². The summed E-state index contributed by atoms with van der Waals surface area (Å²) in [4.78, 5) is 5.62. The maximum absolute atomic E-state index is 12.8. The van der Waals surface area contributed by atoms with Gasteiger partial charge in [-0.15, -0.1) is 0 Å². The molecule has 2 aromatic rings. The Bertz CT molecular complexity index is 536. The molecule has 1 saturated heterocycles. The lowest BCUT2D eigenvalue weighted by Gasteiger charge is -2.30. The normalized spacial score (nSPS) is 22.4. The van der Waals surface area contributed by atoms with Gasteiger partial charge in [-0.1, -0.05) is 30.3 Å². The van der Waals surface area contributed by atoms with Crippen LogP contribution in [0.2, 0.25) is 0 Å². The van der Waals surface area contributed by atoms with Crippen molar-refractivity contribution in [3.8, 4) is 0 Å². The third kappa shape index (κ3) is 3.15. The van der Waals surface area contributed by atoms with Crippen LogP contribution in [0.1, 0.15) is 24.4 Å². The lowest BCUT2D eigenvalue weighted by Crippen LogP contribution is -2.38. The maximum atomic E-state index is 12.8. The first kappa shape index (κ1) is 13.1. The van der Waals surface area contributed by atoms with Crippen molar-refractivity contribution in [2.24, 2.45) is 0 Å². The summed E-state index contributed by atoms with van der Waals surface area (Å²) in [5, 5.41) is 3.23. The van der Waals surface area contributed by atoms with E-state index in [4.69, 9.17) is 4.84 Å². The number of nitrogens with one attached hydrogen (secondary N) is 2. The predicted octanol–water partition coefficient (Wildman–Crippen LogP) is 3.62. The van der Waals surface area contributed by atoms with Crippen molar-refractivity contribution in [3.63, 3.8) is 0 Å². The first-order valence-electron chi connectivity index (χ1n) is 6.79. The Morgan fingerprint density at radius 3 is 2.40 bits per heavy atom. The quantitative estimate of drug-likeness (QED) is 0.895. The standard InChI is InChI=1S/C16H17FN2O/c17-13-6-8-14(9-7-13)18-16-11-10-15(19-20-16)12-4-2-1-3-5-12/h1-9,15-16,18-19H,10-11H2. The molecule has 4 heteroatoms. The maximum Gasteiger partial charge on any atom is 0.148 e. The summed E-state index contributed by atoms with van der Waals surface area (Å²) in [7, 11) is 0. The Hall–Kier alpha value is -1.91. The van der Waals surface area contributed by atoms with E-state index < -0.39 is 0 Å². The molecule has 104 valence electrons. The van der Waals surface area contributed by atoms with E-state index in [0.29, 0.717) is 0 Å². The molecule has 0 radical (unpaired) electrons. The van der Waals surface area contributed by atoms with Crippen molar-refractivity contribution in [3.05, 3.63) is 66.0 Å². The molecule has 0 spiro atoms. The number of rotatable bonds is 3. The van der Waals surface area contributed by atoms with E-state index in [-0.39, 0.29) is 18.1 Å². The average molecular weight is 272 g/mol. The highest BCUT2D eigenvalue weighted by molar-refractivity contribution is 5.43. The molecule has 0 saturated carbocycles. The molecule has 1 aliphatic heterocycles. The summed E-state index contributed by atoms with van der Waals surface area (Å²) in [5.74, 6) is -0.234. The lowest BCUT2D eigenvalue weighted by molar-refractivity contribution is -0.0675. The van der Waals surface area contributed by atoms with Crippen LogP contribution in [0, 0.1) is 5.82 Å². The van der Waals surface area contributed by atoms with E-state index in [1.807, 2.05) is 18.2 Å². The van der Waals surface area contributed by atoms with Crippen LogP contribution in [-0.4, -0.2) is 6.23 Å². The van der Waals surface area contributed by atoms with E-state index in [0.717, 1.165) is 18.5 Å². The fourth-order valence-corrected chi connectivity index (χ4v) is 2.35. The molecule has 2 aromatic carbocycles. The summed E-state index contributed by atoms with van der Waals surface area (Å²) in [6.45, 7) is 0. The summed E-state index contributed by atoms with van der Waals surface area (Å²) in [6.07, 6.45) is 1.78. The summed E-state index contributed by atoms with van der Waals surface area (Å²) >= 11 is 0. The Morgan fingerprint density at radius 1 is 1.00 bits per heavy atom. The Kier molecular flexibility index (Phi) is 3.95. The number of benzene rings is 2. The Labute approximate surface area is 117 Å². The molecule has 0 aliphatic carbocycles. The van der Waals surface area contributed by atoms with Crippen LogP contribution >= 0.6 is 0 Å². The zero-order valence-corrected chi connectivity index (χ0v) is 11.1. The van der Waals surface area contributed by atoms with Crippen LogP contribution in [0.3, 0.4) is 0 Å². The van der Waals surface area contributed by atoms with Gasteiger partial charge in [-0.05, 0) is 42.7 Å². The van der Waals surface area contributed by atoms with E-state index in [1.165, 1.54) is 17.7 Å². The number of hydroxylamine groups is 1. The van der Waals surface area contributed by atoms with Crippen molar-refractivity contribution < 1.29 is 9.23 Å². The van der Waals surface area contributed by atoms with Gasteiger partial charge in [-0.25, -0.2) is 4.39 Å². The molecule has 3 nitrogen and oxygen atoms in total. The first-order chi connectivity index (χ1) is 9.81. The molecule has 1 aliphatic rings. The highest BCUT2D eigenvalue weighted by Crippen LogP contribution is 2.25. The van der Waals surface area contributed by atoms with E-state index in [2.05, 4.69) is 22.9 Å². The second-order valence-corrected chi connectivity index (χ2v) is 4.92. The molecule has 1 fully saturated rings. The zero-order chi connectivity index (χ0) is 13.8. The van der Waals surface area contributed by atoms with Gasteiger partial charge >= 0.3 is 0 Å². The van der Waals surface area contributed by atoms with Gasteiger partial charge in [0.15, 0.2) is 0 Å². The Balaban J connectivity index is 1.55. The Morgan fingerprint density at radius 2 is 1.75 bits per heavy atom. The number of hydrogen-bond acceptors (Lipinski definition) is 3. The second kappa shape index (κ2) is 6.03. The number of halogens is 1. The SMILES string of the molecule is Fc1ccc(NC2CCC(c3ccccc3)NO2)cc1. The monoisotopic (exact) mass is 272 g/mol. The molecule has 0 amide bonds. The zero-order valence-electron chi connectivity index (χ0n) is 11.1. The number of anilines is 1. The molecule has 2 atom stereocenters. The minimum Gasteiger partial charge on any atom is -0.359 e. The molecule has 2 N–H and O–H groups in total. The third-order valence-electron chi connectivity index (χ3n) is 3.44. The molecular formula is C16H17FN2O. The van der Waals surface area contributed by atoms with Gasteiger partial charge in [-0.2, -0.15) is 5.48 Å². The van der Waals surface area contributed by atoms with Gasteiger partial charge in [0, 0.05) is 5.69 Å². The van der Waals surface area contributed by atoms with Gasteiger partial charge in [0.1, 0.15) is 12.0 Å². The highest BCUT2D eigenvalue weighted by Gasteiger charge is 2.22. The van der Waals surface area contributed by atoms with Gasteiger partial charge in [0.05, 0.1) is 6.04 Å². The molecule has 3 rings (SSSR count). The lowest BCUT2D eigenvalue weighted by atomic mass is 10.0. The molecule has 0 aromatic heterocycles. The van der Waals surface area contributed by atoms with E-state index in [9.17, 15) is 4.39 Å². The fraction of sp³-hybridized carbons (Fsp3) is 0.250. The summed E-state index contributed by atoms with van der Waals surface area (Å²) in [5.41, 5.74) is 5.17. The molecule has 0 bridgehead atoms. The van der Waals surface area contributed by atoms with Crippen LogP contribution in [0.25, 0.3) is 0 Å². The van der Waals surface area contributed by atoms with Gasteiger partial charge in [0.2, 0.25) is 0 Å². The van der Waals surface area contributed by atoms with Gasteiger partial charge in [-0.3, -0.25) is 4.84 Å². The summed E-state index contributed by atoms with van der Waals surface area (Å²) < 4.78 is 12.8. The average Bonchev–Trinajstić information content (AvgIpc) is 2.51. The van der Waals surface area contributed by atoms with Crippen molar-refractivity contribution in [2.75, 3.05) is 5.32 Å². The van der Waals surface area contributed by atoms with Crippen molar-refractivity contribution in [1.29, 1.82) is 0 Å². The molecule has 2 unspecified atom stereocenters. The molecule has 1 heterocycles. The molecule has 20 heavy (non-hydrogen) atoms. The first-order valence-corrected chi connectivity index (χ1v) is 6.79. The molecular weight excluding hydrogens is 255 g/mol. The fourth-order valence-electron chi connectivity index (χ4n) is 2.35. The minimum atomic E-state index is -0.234. The third-order valence-corrected chi connectivity index (χ3v) is 3.44.